The normalized spacial score (nSPS) is 14.5. The third-order valence-electron chi connectivity index (χ3n) is 4.84. The lowest BCUT2D eigenvalue weighted by Gasteiger charge is -2.24. The molecule has 7 nitrogen and oxygen atoms in total. The monoisotopic (exact) mass is 397 g/mol. The molecule has 0 radical (unpaired) electrons. The van der Waals surface area contributed by atoms with Crippen molar-refractivity contribution >= 4 is 5.91 Å². The Hall–Kier alpha value is -3.39. The molecule has 0 spiro atoms. The van der Waals surface area contributed by atoms with Crippen LogP contribution in [0.15, 0.2) is 48.5 Å². The number of benzene rings is 2. The van der Waals surface area contributed by atoms with E-state index in [4.69, 9.17) is 9.47 Å². The molecule has 0 fully saturated rings. The number of nitrogens with zero attached hydrogens (tertiary/aromatic N) is 2. The molecular formula is C21H20FN3O4. The molecule has 0 bridgehead atoms. The van der Waals surface area contributed by atoms with Gasteiger partial charge in [0.25, 0.3) is 5.91 Å². The zero-order chi connectivity index (χ0) is 20.6. The highest BCUT2D eigenvalue weighted by Crippen LogP contribution is 2.35. The van der Waals surface area contributed by atoms with Crippen LogP contribution >= 0.6 is 0 Å². The predicted octanol–water partition coefficient (Wildman–Crippen LogP) is 2.59. The second-order valence-corrected chi connectivity index (χ2v) is 7.07. The van der Waals surface area contributed by atoms with E-state index in [1.54, 1.807) is 50.4 Å². The average molecular weight is 397 g/mol. The van der Waals surface area contributed by atoms with E-state index in [2.05, 4.69) is 10.4 Å². The van der Waals surface area contributed by atoms with Crippen LogP contribution in [0.25, 0.3) is 11.3 Å². The summed E-state index contributed by atoms with van der Waals surface area (Å²) >= 11 is 0. The Kier molecular flexibility index (Phi) is 4.71. The number of rotatable bonds is 5. The Balaban J connectivity index is 1.47. The minimum atomic E-state index is -1.31. The third-order valence-corrected chi connectivity index (χ3v) is 4.84. The zero-order valence-electron chi connectivity index (χ0n) is 16.0. The predicted molar refractivity (Wildman–Crippen MR) is 103 cm³/mol. The van der Waals surface area contributed by atoms with Crippen molar-refractivity contribution in [2.45, 2.75) is 12.5 Å². The van der Waals surface area contributed by atoms with Crippen molar-refractivity contribution in [1.29, 1.82) is 0 Å². The van der Waals surface area contributed by atoms with Crippen LogP contribution < -0.4 is 14.8 Å². The number of ether oxygens (including phenoxy) is 2. The summed E-state index contributed by atoms with van der Waals surface area (Å²) in [5, 5.41) is 17.9. The highest BCUT2D eigenvalue weighted by atomic mass is 19.1. The summed E-state index contributed by atoms with van der Waals surface area (Å²) in [4.78, 5) is 12.6. The first-order chi connectivity index (χ1) is 13.8. The van der Waals surface area contributed by atoms with Gasteiger partial charge in [-0.25, -0.2) is 4.39 Å². The number of carbonyl (C=O) groups is 1. The van der Waals surface area contributed by atoms with Gasteiger partial charge in [-0.1, -0.05) is 6.07 Å². The quantitative estimate of drug-likeness (QED) is 0.691. The van der Waals surface area contributed by atoms with Crippen molar-refractivity contribution in [3.05, 3.63) is 65.6 Å². The standard InChI is InChI=1S/C21H20FN3O4/c1-21(27,14-5-8-18-19(9-14)29-12-28-18)11-23-20(26)17-10-16(24-25(17)2)13-3-6-15(22)7-4-13/h3-10,27H,11-12H2,1-2H3,(H,23,26)/t21-/m0/s1. The molecule has 1 aromatic heterocycles. The molecule has 0 saturated heterocycles. The molecule has 8 heteroatoms. The van der Waals surface area contributed by atoms with Gasteiger partial charge in [0.2, 0.25) is 6.79 Å². The highest BCUT2D eigenvalue weighted by Gasteiger charge is 2.27. The number of hydrogen-bond donors (Lipinski definition) is 2. The highest BCUT2D eigenvalue weighted by molar-refractivity contribution is 5.93. The molecule has 29 heavy (non-hydrogen) atoms. The molecule has 2 N–H and O–H groups in total. The van der Waals surface area contributed by atoms with Gasteiger partial charge in [-0.05, 0) is 55.0 Å². The summed E-state index contributed by atoms with van der Waals surface area (Å²) in [5.74, 6) is 0.462. The van der Waals surface area contributed by atoms with E-state index in [1.165, 1.54) is 16.8 Å². The van der Waals surface area contributed by atoms with Crippen LogP contribution in [-0.4, -0.2) is 34.1 Å². The first kappa shape index (κ1) is 18.9. The van der Waals surface area contributed by atoms with Crippen LogP contribution in [0.5, 0.6) is 11.5 Å². The van der Waals surface area contributed by atoms with Gasteiger partial charge in [0.1, 0.15) is 17.1 Å². The second-order valence-electron chi connectivity index (χ2n) is 7.07. The largest absolute Gasteiger partial charge is 0.454 e. The number of hydrogen-bond acceptors (Lipinski definition) is 5. The van der Waals surface area contributed by atoms with Gasteiger partial charge in [0.15, 0.2) is 11.5 Å². The Morgan fingerprint density at radius 2 is 1.93 bits per heavy atom. The van der Waals surface area contributed by atoms with Crippen LogP contribution in [0.3, 0.4) is 0 Å². The lowest BCUT2D eigenvalue weighted by molar-refractivity contribution is 0.0522. The van der Waals surface area contributed by atoms with E-state index in [9.17, 15) is 14.3 Å². The topological polar surface area (TPSA) is 85.6 Å². The van der Waals surface area contributed by atoms with Crippen LogP contribution in [-0.2, 0) is 12.6 Å². The number of nitrogens with one attached hydrogen (secondary N) is 1. The minimum Gasteiger partial charge on any atom is -0.454 e. The van der Waals surface area contributed by atoms with Crippen molar-refractivity contribution in [2.24, 2.45) is 7.05 Å². The van der Waals surface area contributed by atoms with E-state index in [0.29, 0.717) is 34.0 Å². The number of aryl methyl sites for hydroxylation is 1. The van der Waals surface area contributed by atoms with E-state index in [0.717, 1.165) is 0 Å². The SMILES string of the molecule is Cn1nc(-c2ccc(F)cc2)cc1C(=O)NC[C@](C)(O)c1ccc2c(c1)OCO2. The molecule has 2 heterocycles. The van der Waals surface area contributed by atoms with Gasteiger partial charge in [-0.15, -0.1) is 0 Å². The summed E-state index contributed by atoms with van der Waals surface area (Å²) in [6.45, 7) is 1.75. The van der Waals surface area contributed by atoms with E-state index in [1.807, 2.05) is 0 Å². The van der Waals surface area contributed by atoms with Crippen molar-refractivity contribution < 1.29 is 23.8 Å². The van der Waals surface area contributed by atoms with Gasteiger partial charge in [0, 0.05) is 12.6 Å². The second kappa shape index (κ2) is 7.21. The Morgan fingerprint density at radius 1 is 1.21 bits per heavy atom. The maximum absolute atomic E-state index is 13.1. The average Bonchev–Trinajstić information content (AvgIpc) is 3.32. The molecule has 4 rings (SSSR count). The molecular weight excluding hydrogens is 377 g/mol. The van der Waals surface area contributed by atoms with Crippen LogP contribution in [0, 0.1) is 5.82 Å². The molecule has 0 saturated carbocycles. The fraction of sp³-hybridized carbons (Fsp3) is 0.238. The first-order valence-corrected chi connectivity index (χ1v) is 9.04. The number of fused-ring (bicyclic) bond motifs is 1. The van der Waals surface area contributed by atoms with Gasteiger partial charge >= 0.3 is 0 Å². The van der Waals surface area contributed by atoms with Crippen molar-refractivity contribution in [3.63, 3.8) is 0 Å². The molecule has 1 aliphatic rings. The number of carbonyl (C=O) groups excluding carboxylic acids is 1. The number of aromatic nitrogens is 2. The van der Waals surface area contributed by atoms with Gasteiger partial charge in [-0.2, -0.15) is 5.10 Å². The van der Waals surface area contributed by atoms with E-state index < -0.39 is 5.60 Å². The molecule has 1 aliphatic heterocycles. The van der Waals surface area contributed by atoms with Gasteiger partial charge in [-0.3, -0.25) is 9.48 Å². The molecule has 0 aliphatic carbocycles. The Labute approximate surface area is 166 Å². The van der Waals surface area contributed by atoms with Crippen LogP contribution in [0.4, 0.5) is 4.39 Å². The Morgan fingerprint density at radius 3 is 2.69 bits per heavy atom. The fourth-order valence-electron chi connectivity index (χ4n) is 3.12. The maximum Gasteiger partial charge on any atom is 0.269 e. The van der Waals surface area contributed by atoms with Crippen molar-refractivity contribution in [2.75, 3.05) is 13.3 Å². The van der Waals surface area contributed by atoms with E-state index in [-0.39, 0.29) is 25.1 Å². The summed E-state index contributed by atoms with van der Waals surface area (Å²) in [7, 11) is 1.65. The summed E-state index contributed by atoms with van der Waals surface area (Å²) in [5.41, 5.74) is 0.869. The Bertz CT molecular complexity index is 1060. The van der Waals surface area contributed by atoms with Crippen LogP contribution in [0.1, 0.15) is 23.0 Å². The molecule has 2 aromatic carbocycles. The lowest BCUT2D eigenvalue weighted by Crippen LogP contribution is -2.39. The first-order valence-electron chi connectivity index (χ1n) is 9.04. The molecule has 3 aromatic rings. The lowest BCUT2D eigenvalue weighted by atomic mass is 9.95. The molecule has 150 valence electrons. The number of aliphatic hydroxyl groups is 1. The van der Waals surface area contributed by atoms with E-state index >= 15 is 0 Å². The zero-order valence-corrected chi connectivity index (χ0v) is 16.0. The fourth-order valence-corrected chi connectivity index (χ4v) is 3.12. The minimum absolute atomic E-state index is 0.0114. The third kappa shape index (κ3) is 3.79. The maximum atomic E-state index is 13.1. The van der Waals surface area contributed by atoms with Gasteiger partial charge < -0.3 is 19.9 Å². The van der Waals surface area contributed by atoms with Crippen LogP contribution in [0.2, 0.25) is 0 Å². The molecule has 1 atom stereocenters. The summed E-state index contributed by atoms with van der Waals surface area (Å²) in [6.07, 6.45) is 0. The van der Waals surface area contributed by atoms with Gasteiger partial charge in [0.05, 0.1) is 12.2 Å². The molecule has 0 unspecified atom stereocenters. The number of halogens is 1. The summed E-state index contributed by atoms with van der Waals surface area (Å²) in [6, 6.07) is 12.7. The van der Waals surface area contributed by atoms with Crippen molar-refractivity contribution in [1.82, 2.24) is 15.1 Å². The number of amides is 1. The van der Waals surface area contributed by atoms with Crippen molar-refractivity contribution in [3.8, 4) is 22.8 Å². The summed E-state index contributed by atoms with van der Waals surface area (Å²) < 4.78 is 25.2. The smallest absolute Gasteiger partial charge is 0.269 e. The molecule has 1 amide bonds.